The second kappa shape index (κ2) is 6.82. The molecule has 1 aliphatic heterocycles. The summed E-state index contributed by atoms with van der Waals surface area (Å²) in [6, 6.07) is 2.22. The molecule has 0 aromatic carbocycles. The van der Waals surface area contributed by atoms with Crippen LogP contribution < -0.4 is 5.32 Å². The highest BCUT2D eigenvalue weighted by Crippen LogP contribution is 2.21. The van der Waals surface area contributed by atoms with Crippen LogP contribution >= 0.6 is 11.3 Å². The summed E-state index contributed by atoms with van der Waals surface area (Å²) >= 11 is 1.34. The van der Waals surface area contributed by atoms with Gasteiger partial charge in [-0.15, -0.1) is 11.3 Å². The topological polar surface area (TPSA) is 75.0 Å². The Bertz CT molecular complexity index is 501. The summed E-state index contributed by atoms with van der Waals surface area (Å²) in [5, 5.41) is 14.5. The molecule has 2 rings (SSSR count). The van der Waals surface area contributed by atoms with Crippen LogP contribution in [0.3, 0.4) is 0 Å². The third-order valence-corrected chi connectivity index (χ3v) is 4.34. The van der Waals surface area contributed by atoms with Gasteiger partial charge in [-0.2, -0.15) is 5.26 Å². The van der Waals surface area contributed by atoms with Crippen LogP contribution in [0.25, 0.3) is 0 Å². The number of hydrogen-bond donors (Lipinski definition) is 1. The van der Waals surface area contributed by atoms with Crippen molar-refractivity contribution in [3.63, 3.8) is 0 Å². The highest BCUT2D eigenvalue weighted by Gasteiger charge is 2.35. The second-order valence-electron chi connectivity index (χ2n) is 5.01. The molecule has 5 nitrogen and oxygen atoms in total. The number of hydrogen-bond acceptors (Lipinski definition) is 5. The third kappa shape index (κ3) is 3.56. The standard InChI is InChI=1S/C14H19N3O2S/c1-2-3-4-11-9-20-13(16-11)12(18)17-14(10-15)5-7-19-8-6-14/h9H,2-8H2,1H3,(H,17,18). The Morgan fingerprint density at radius 2 is 2.35 bits per heavy atom. The fraction of sp³-hybridized carbons (Fsp3) is 0.643. The number of ether oxygens (including phenoxy) is 1. The number of aromatic nitrogens is 1. The van der Waals surface area contributed by atoms with E-state index in [1.807, 2.05) is 5.38 Å². The van der Waals surface area contributed by atoms with E-state index in [1.165, 1.54) is 11.3 Å². The molecule has 6 heteroatoms. The van der Waals surface area contributed by atoms with Gasteiger partial charge in [-0.25, -0.2) is 4.98 Å². The van der Waals surface area contributed by atoms with Crippen LogP contribution in [0.2, 0.25) is 0 Å². The van der Waals surface area contributed by atoms with Crippen LogP contribution in [-0.4, -0.2) is 29.6 Å². The average molecular weight is 293 g/mol. The molecule has 1 fully saturated rings. The molecule has 1 aliphatic rings. The van der Waals surface area contributed by atoms with Crippen molar-refractivity contribution in [3.05, 3.63) is 16.1 Å². The van der Waals surface area contributed by atoms with E-state index in [1.54, 1.807) is 0 Å². The first-order valence-electron chi connectivity index (χ1n) is 6.95. The molecule has 1 saturated heterocycles. The van der Waals surface area contributed by atoms with Gasteiger partial charge in [0.25, 0.3) is 5.91 Å². The zero-order valence-electron chi connectivity index (χ0n) is 11.6. The Morgan fingerprint density at radius 3 is 3.00 bits per heavy atom. The normalized spacial score (nSPS) is 17.4. The van der Waals surface area contributed by atoms with E-state index in [4.69, 9.17) is 4.74 Å². The summed E-state index contributed by atoms with van der Waals surface area (Å²) in [5.74, 6) is -0.249. The van der Waals surface area contributed by atoms with Gasteiger partial charge < -0.3 is 10.1 Å². The number of amides is 1. The minimum absolute atomic E-state index is 0.249. The molecule has 0 unspecified atom stereocenters. The number of carbonyl (C=O) groups excluding carboxylic acids is 1. The van der Waals surface area contributed by atoms with E-state index < -0.39 is 5.54 Å². The second-order valence-corrected chi connectivity index (χ2v) is 5.87. The van der Waals surface area contributed by atoms with Crippen LogP contribution in [0.15, 0.2) is 5.38 Å². The van der Waals surface area contributed by atoms with Crippen LogP contribution in [0.4, 0.5) is 0 Å². The fourth-order valence-electron chi connectivity index (χ4n) is 2.14. The van der Waals surface area contributed by atoms with Gasteiger partial charge in [-0.1, -0.05) is 13.3 Å². The summed E-state index contributed by atoms with van der Waals surface area (Å²) in [6.45, 7) is 3.14. The molecular formula is C14H19N3O2S. The lowest BCUT2D eigenvalue weighted by Crippen LogP contribution is -2.50. The van der Waals surface area contributed by atoms with Crippen molar-refractivity contribution in [2.75, 3.05) is 13.2 Å². The summed E-state index contributed by atoms with van der Waals surface area (Å²) in [4.78, 5) is 16.6. The summed E-state index contributed by atoms with van der Waals surface area (Å²) in [6.07, 6.45) is 4.14. The zero-order chi connectivity index (χ0) is 14.4. The zero-order valence-corrected chi connectivity index (χ0v) is 12.5. The van der Waals surface area contributed by atoms with Gasteiger partial charge in [0.1, 0.15) is 5.54 Å². The van der Waals surface area contributed by atoms with Crippen molar-refractivity contribution in [1.82, 2.24) is 10.3 Å². The summed E-state index contributed by atoms with van der Waals surface area (Å²) in [5.41, 5.74) is 0.157. The van der Waals surface area contributed by atoms with Crippen LogP contribution in [0, 0.1) is 11.3 Å². The van der Waals surface area contributed by atoms with Crippen molar-refractivity contribution in [3.8, 4) is 6.07 Å². The molecule has 2 heterocycles. The monoisotopic (exact) mass is 293 g/mol. The molecule has 1 N–H and O–H groups in total. The molecule has 0 spiro atoms. The SMILES string of the molecule is CCCCc1csc(C(=O)NC2(C#N)CCOCC2)n1. The number of nitriles is 1. The van der Waals surface area contributed by atoms with Gasteiger partial charge in [-0.3, -0.25) is 4.79 Å². The molecule has 0 atom stereocenters. The summed E-state index contributed by atoms with van der Waals surface area (Å²) < 4.78 is 5.25. The van der Waals surface area contributed by atoms with Gasteiger partial charge in [0, 0.05) is 31.4 Å². The first-order chi connectivity index (χ1) is 9.69. The number of unbranched alkanes of at least 4 members (excludes halogenated alkanes) is 1. The van der Waals surface area contributed by atoms with Crippen molar-refractivity contribution < 1.29 is 9.53 Å². The molecule has 1 amide bonds. The smallest absolute Gasteiger partial charge is 0.281 e. The number of nitrogens with zero attached hydrogens (tertiary/aromatic N) is 2. The molecular weight excluding hydrogens is 274 g/mol. The quantitative estimate of drug-likeness (QED) is 0.903. The lowest BCUT2D eigenvalue weighted by atomic mass is 9.92. The van der Waals surface area contributed by atoms with E-state index in [2.05, 4.69) is 23.3 Å². The molecule has 0 radical (unpaired) electrons. The molecule has 20 heavy (non-hydrogen) atoms. The Labute approximate surface area is 123 Å². The lowest BCUT2D eigenvalue weighted by Gasteiger charge is -2.31. The predicted octanol–water partition coefficient (Wildman–Crippen LogP) is 2.29. The Morgan fingerprint density at radius 1 is 1.60 bits per heavy atom. The molecule has 1 aromatic heterocycles. The van der Waals surface area contributed by atoms with Crippen LogP contribution in [0.1, 0.15) is 48.1 Å². The van der Waals surface area contributed by atoms with E-state index in [0.29, 0.717) is 31.1 Å². The molecule has 1 aromatic rings. The third-order valence-electron chi connectivity index (χ3n) is 3.45. The maximum atomic E-state index is 12.2. The maximum absolute atomic E-state index is 12.2. The molecule has 0 saturated carbocycles. The maximum Gasteiger partial charge on any atom is 0.281 e. The van der Waals surface area contributed by atoms with Gasteiger partial charge in [-0.05, 0) is 12.8 Å². The average Bonchev–Trinajstić information content (AvgIpc) is 2.95. The van der Waals surface area contributed by atoms with Crippen molar-refractivity contribution in [1.29, 1.82) is 5.26 Å². The molecule has 108 valence electrons. The van der Waals surface area contributed by atoms with E-state index in [0.717, 1.165) is 25.0 Å². The number of rotatable bonds is 5. The van der Waals surface area contributed by atoms with Crippen molar-refractivity contribution in [2.24, 2.45) is 0 Å². The fourth-order valence-corrected chi connectivity index (χ4v) is 2.89. The van der Waals surface area contributed by atoms with Gasteiger partial charge >= 0.3 is 0 Å². The molecule has 0 aliphatic carbocycles. The number of carbonyl (C=O) groups is 1. The number of thiazole rings is 1. The van der Waals surface area contributed by atoms with Crippen molar-refractivity contribution in [2.45, 2.75) is 44.6 Å². The number of nitrogens with one attached hydrogen (secondary N) is 1. The highest BCUT2D eigenvalue weighted by atomic mass is 32.1. The minimum Gasteiger partial charge on any atom is -0.381 e. The predicted molar refractivity (Wildman–Crippen MR) is 76.6 cm³/mol. The van der Waals surface area contributed by atoms with Crippen molar-refractivity contribution >= 4 is 17.2 Å². The first-order valence-corrected chi connectivity index (χ1v) is 7.83. The van der Waals surface area contributed by atoms with Gasteiger partial charge in [0.2, 0.25) is 0 Å². The van der Waals surface area contributed by atoms with Crippen LogP contribution in [0.5, 0.6) is 0 Å². The Hall–Kier alpha value is -1.45. The van der Waals surface area contributed by atoms with E-state index in [9.17, 15) is 10.1 Å². The lowest BCUT2D eigenvalue weighted by molar-refractivity contribution is 0.0531. The molecule has 0 bridgehead atoms. The van der Waals surface area contributed by atoms with Crippen LogP contribution in [-0.2, 0) is 11.2 Å². The Balaban J connectivity index is 2.00. The van der Waals surface area contributed by atoms with E-state index >= 15 is 0 Å². The first kappa shape index (κ1) is 14.9. The van der Waals surface area contributed by atoms with Gasteiger partial charge in [0.15, 0.2) is 5.01 Å². The largest absolute Gasteiger partial charge is 0.381 e. The summed E-state index contributed by atoms with van der Waals surface area (Å²) in [7, 11) is 0. The minimum atomic E-state index is -0.801. The number of aryl methyl sites for hydroxylation is 1. The Kier molecular flexibility index (Phi) is 5.10. The highest BCUT2D eigenvalue weighted by molar-refractivity contribution is 7.11. The van der Waals surface area contributed by atoms with Gasteiger partial charge in [0.05, 0.1) is 11.8 Å². The van der Waals surface area contributed by atoms with E-state index in [-0.39, 0.29) is 5.91 Å².